The van der Waals surface area contributed by atoms with E-state index in [4.69, 9.17) is 9.47 Å². The van der Waals surface area contributed by atoms with E-state index in [1.54, 1.807) is 68.8 Å². The van der Waals surface area contributed by atoms with Crippen molar-refractivity contribution in [3.05, 3.63) is 95.6 Å². The first-order valence-electron chi connectivity index (χ1n) is 10.4. The number of carbonyl (C=O) groups excluding carboxylic acids is 1. The molecule has 33 heavy (non-hydrogen) atoms. The molecule has 1 atom stereocenters. The summed E-state index contributed by atoms with van der Waals surface area (Å²) in [5.74, 6) is 1.11. The minimum atomic E-state index is -3.84. The molecule has 7 heteroatoms. The fourth-order valence-electron chi connectivity index (χ4n) is 3.24. The topological polar surface area (TPSA) is 81.7 Å². The molecule has 0 radical (unpaired) electrons. The van der Waals surface area contributed by atoms with Crippen molar-refractivity contribution in [2.24, 2.45) is 0 Å². The molecule has 0 saturated heterocycles. The van der Waals surface area contributed by atoms with Crippen molar-refractivity contribution in [3.8, 4) is 11.5 Å². The van der Waals surface area contributed by atoms with Gasteiger partial charge in [-0.1, -0.05) is 48.0 Å². The molecule has 1 N–H and O–H groups in total. The molecule has 0 heterocycles. The van der Waals surface area contributed by atoms with Crippen molar-refractivity contribution in [3.63, 3.8) is 0 Å². The molecule has 0 aliphatic rings. The highest BCUT2D eigenvalue weighted by Gasteiger charge is 2.23. The zero-order chi connectivity index (χ0) is 23.8. The molecule has 3 aromatic carbocycles. The number of aryl methyl sites for hydroxylation is 1. The van der Waals surface area contributed by atoms with Gasteiger partial charge in [0.05, 0.1) is 25.2 Å². The minimum absolute atomic E-state index is 0.0438. The monoisotopic (exact) mass is 465 g/mol. The summed E-state index contributed by atoms with van der Waals surface area (Å²) in [4.78, 5) is 12.9. The fraction of sp³-hybridized carbons (Fsp3) is 0.192. The SMILES string of the molecule is COc1ccc(C(CC(=O)/C=C/c2cccc(OC)c2)NS(=O)(=O)c2ccc(C)cc2)cc1. The Balaban J connectivity index is 1.83. The fourth-order valence-corrected chi connectivity index (χ4v) is 4.46. The second-order valence-corrected chi connectivity index (χ2v) is 9.25. The van der Waals surface area contributed by atoms with Crippen molar-refractivity contribution >= 4 is 21.9 Å². The third kappa shape index (κ3) is 6.78. The Hall–Kier alpha value is -3.42. The molecule has 3 rings (SSSR count). The summed E-state index contributed by atoms with van der Waals surface area (Å²) in [5, 5.41) is 0. The zero-order valence-corrected chi connectivity index (χ0v) is 19.6. The van der Waals surface area contributed by atoms with Crippen molar-refractivity contribution in [2.75, 3.05) is 14.2 Å². The third-order valence-corrected chi connectivity index (χ3v) is 6.60. The number of sulfonamides is 1. The van der Waals surface area contributed by atoms with Gasteiger partial charge in [-0.25, -0.2) is 13.1 Å². The van der Waals surface area contributed by atoms with Crippen LogP contribution in [0.25, 0.3) is 6.08 Å². The van der Waals surface area contributed by atoms with Crippen molar-refractivity contribution in [1.82, 2.24) is 4.72 Å². The van der Waals surface area contributed by atoms with Crippen molar-refractivity contribution in [2.45, 2.75) is 24.3 Å². The lowest BCUT2D eigenvalue weighted by Gasteiger charge is -2.19. The minimum Gasteiger partial charge on any atom is -0.497 e. The van der Waals surface area contributed by atoms with Gasteiger partial charge in [-0.05, 0) is 60.5 Å². The highest BCUT2D eigenvalue weighted by Crippen LogP contribution is 2.24. The Bertz CT molecular complexity index is 1220. The number of benzene rings is 3. The van der Waals surface area contributed by atoms with Crippen LogP contribution in [0, 0.1) is 6.92 Å². The van der Waals surface area contributed by atoms with Gasteiger partial charge in [0, 0.05) is 6.42 Å². The molecule has 0 bridgehead atoms. The number of hydrogen-bond donors (Lipinski definition) is 1. The molecule has 6 nitrogen and oxygen atoms in total. The Morgan fingerprint density at radius 1 is 0.939 bits per heavy atom. The van der Waals surface area contributed by atoms with Crippen molar-refractivity contribution < 1.29 is 22.7 Å². The lowest BCUT2D eigenvalue weighted by Crippen LogP contribution is -2.30. The van der Waals surface area contributed by atoms with Crippen LogP contribution in [-0.2, 0) is 14.8 Å². The van der Waals surface area contributed by atoms with Gasteiger partial charge in [0.25, 0.3) is 0 Å². The van der Waals surface area contributed by atoms with Gasteiger partial charge in [0.15, 0.2) is 5.78 Å². The summed E-state index contributed by atoms with van der Waals surface area (Å²) in [6, 6.07) is 20.1. The largest absolute Gasteiger partial charge is 0.497 e. The van der Waals surface area contributed by atoms with E-state index in [1.165, 1.54) is 6.08 Å². The summed E-state index contributed by atoms with van der Waals surface area (Å²) in [6.07, 6.45) is 3.09. The van der Waals surface area contributed by atoms with Gasteiger partial charge in [-0.3, -0.25) is 4.79 Å². The molecule has 1 unspecified atom stereocenters. The van der Waals surface area contributed by atoms with Crippen LogP contribution in [0.15, 0.2) is 83.8 Å². The van der Waals surface area contributed by atoms with Gasteiger partial charge < -0.3 is 9.47 Å². The first-order valence-corrected chi connectivity index (χ1v) is 11.9. The number of allylic oxidation sites excluding steroid dienone is 1. The average Bonchev–Trinajstić information content (AvgIpc) is 2.82. The molecule has 0 aliphatic carbocycles. The first-order chi connectivity index (χ1) is 15.8. The number of rotatable bonds is 10. The molecule has 172 valence electrons. The van der Waals surface area contributed by atoms with Gasteiger partial charge in [-0.15, -0.1) is 0 Å². The second kappa shape index (κ2) is 10.9. The maximum Gasteiger partial charge on any atom is 0.241 e. The van der Waals surface area contributed by atoms with E-state index in [0.29, 0.717) is 17.1 Å². The smallest absolute Gasteiger partial charge is 0.241 e. The summed E-state index contributed by atoms with van der Waals surface area (Å²) >= 11 is 0. The van der Waals surface area contributed by atoms with E-state index in [1.807, 2.05) is 31.2 Å². The summed E-state index contributed by atoms with van der Waals surface area (Å²) in [5.41, 5.74) is 2.43. The number of carbonyl (C=O) groups is 1. The quantitative estimate of drug-likeness (QED) is 0.439. The van der Waals surface area contributed by atoms with Gasteiger partial charge in [0.1, 0.15) is 11.5 Å². The number of hydrogen-bond acceptors (Lipinski definition) is 5. The first kappa shape index (κ1) is 24.2. The van der Waals surface area contributed by atoms with E-state index >= 15 is 0 Å². The highest BCUT2D eigenvalue weighted by atomic mass is 32.2. The standard InChI is InChI=1S/C26H27NO5S/c1-19-7-15-25(16-8-19)33(29,30)27-26(21-10-13-23(31-2)14-11-21)18-22(28)12-9-20-5-4-6-24(17-20)32-3/h4-17,26-27H,18H2,1-3H3/b12-9+. The zero-order valence-electron chi connectivity index (χ0n) is 18.8. The molecule has 0 aromatic heterocycles. The number of methoxy groups -OCH3 is 2. The van der Waals surface area contributed by atoms with Gasteiger partial charge >= 0.3 is 0 Å². The molecular weight excluding hydrogens is 438 g/mol. The Morgan fingerprint density at radius 2 is 1.61 bits per heavy atom. The lowest BCUT2D eigenvalue weighted by atomic mass is 10.0. The number of ketones is 1. The van der Waals surface area contributed by atoms with Crippen molar-refractivity contribution in [1.29, 1.82) is 0 Å². The third-order valence-electron chi connectivity index (χ3n) is 5.11. The molecule has 0 saturated carbocycles. The van der Waals surface area contributed by atoms with E-state index in [0.717, 1.165) is 11.1 Å². The van der Waals surface area contributed by atoms with E-state index in [2.05, 4.69) is 4.72 Å². The Kier molecular flexibility index (Phi) is 8.03. The molecule has 0 spiro atoms. The van der Waals surface area contributed by atoms with Crippen LogP contribution in [0.2, 0.25) is 0 Å². The Morgan fingerprint density at radius 3 is 2.24 bits per heavy atom. The maximum absolute atomic E-state index is 13.0. The lowest BCUT2D eigenvalue weighted by molar-refractivity contribution is -0.114. The second-order valence-electron chi connectivity index (χ2n) is 7.54. The van der Waals surface area contributed by atoms with Crippen LogP contribution in [0.3, 0.4) is 0 Å². The van der Waals surface area contributed by atoms with E-state index in [-0.39, 0.29) is 17.1 Å². The van der Waals surface area contributed by atoms with Gasteiger partial charge in [-0.2, -0.15) is 0 Å². The van der Waals surface area contributed by atoms with Crippen LogP contribution in [0.4, 0.5) is 0 Å². The summed E-state index contributed by atoms with van der Waals surface area (Å²) in [7, 11) is -0.704. The molecule has 0 fully saturated rings. The predicted molar refractivity (Wildman–Crippen MR) is 129 cm³/mol. The molecular formula is C26H27NO5S. The summed E-state index contributed by atoms with van der Waals surface area (Å²) < 4.78 is 39.1. The number of ether oxygens (including phenoxy) is 2. The molecule has 0 aliphatic heterocycles. The number of nitrogens with one attached hydrogen (secondary N) is 1. The van der Waals surface area contributed by atoms with Gasteiger partial charge in [0.2, 0.25) is 10.0 Å². The van der Waals surface area contributed by atoms with Crippen LogP contribution in [0.1, 0.15) is 29.2 Å². The highest BCUT2D eigenvalue weighted by molar-refractivity contribution is 7.89. The van der Waals surface area contributed by atoms with Crippen LogP contribution < -0.4 is 14.2 Å². The Labute approximate surface area is 194 Å². The predicted octanol–water partition coefficient (Wildman–Crippen LogP) is 4.70. The molecule has 0 amide bonds. The normalized spacial score (nSPS) is 12.5. The van der Waals surface area contributed by atoms with Crippen LogP contribution in [-0.4, -0.2) is 28.4 Å². The van der Waals surface area contributed by atoms with E-state index < -0.39 is 16.1 Å². The average molecular weight is 466 g/mol. The van der Waals surface area contributed by atoms with E-state index in [9.17, 15) is 13.2 Å². The summed E-state index contributed by atoms with van der Waals surface area (Å²) in [6.45, 7) is 1.89. The van der Waals surface area contributed by atoms with Crippen LogP contribution in [0.5, 0.6) is 11.5 Å². The molecule has 3 aromatic rings. The van der Waals surface area contributed by atoms with Crippen LogP contribution >= 0.6 is 0 Å². The maximum atomic E-state index is 13.0.